The van der Waals surface area contributed by atoms with Gasteiger partial charge in [0.15, 0.2) is 23.9 Å². The van der Waals surface area contributed by atoms with Crippen LogP contribution in [-0.2, 0) is 25.9 Å². The number of carbonyl (C=O) groups excluding carboxylic acids is 2. The van der Waals surface area contributed by atoms with Crippen molar-refractivity contribution in [3.8, 4) is 11.5 Å². The highest BCUT2D eigenvalue weighted by Gasteiger charge is 2.33. The normalized spacial score (nSPS) is 14.0. The lowest BCUT2D eigenvalue weighted by atomic mass is 10.0. The lowest BCUT2D eigenvalue weighted by Crippen LogP contribution is -2.43. The highest BCUT2D eigenvalue weighted by atomic mass is 35.5. The van der Waals surface area contributed by atoms with Crippen molar-refractivity contribution < 1.29 is 50.7 Å². The number of hydrogen-bond acceptors (Lipinski definition) is 9. The second kappa shape index (κ2) is 16.5. The molecule has 4 rings (SSSR count). The van der Waals surface area contributed by atoms with Gasteiger partial charge in [-0.2, -0.15) is 13.1 Å². The van der Waals surface area contributed by atoms with Gasteiger partial charge in [-0.3, -0.25) is 0 Å². The summed E-state index contributed by atoms with van der Waals surface area (Å²) in [6.07, 6.45) is 2.82. The zero-order valence-electron chi connectivity index (χ0n) is 28.3. The van der Waals surface area contributed by atoms with Gasteiger partial charge in [0.1, 0.15) is 21.8 Å². The molecule has 0 saturated heterocycles. The van der Waals surface area contributed by atoms with Crippen LogP contribution in [0.3, 0.4) is 0 Å². The van der Waals surface area contributed by atoms with Crippen molar-refractivity contribution in [1.82, 2.24) is 9.21 Å². The van der Waals surface area contributed by atoms with Crippen LogP contribution in [0.5, 0.6) is 11.5 Å². The molecule has 0 radical (unpaired) electrons. The Kier molecular flexibility index (Phi) is 12.9. The molecule has 2 aromatic carbocycles. The van der Waals surface area contributed by atoms with Crippen LogP contribution in [0.2, 0.25) is 10.0 Å². The number of nitrogens with zero attached hydrogens (tertiary/aromatic N) is 2. The molecular formula is C34H40Cl2F2N3O8S+. The first-order chi connectivity index (χ1) is 23.4. The first kappa shape index (κ1) is 39.1. The Morgan fingerprint density at radius 2 is 1.62 bits per heavy atom. The molecule has 0 aliphatic heterocycles. The predicted octanol–water partition coefficient (Wildman–Crippen LogP) is 6.83. The summed E-state index contributed by atoms with van der Waals surface area (Å²) < 4.78 is 76.0. The van der Waals surface area contributed by atoms with E-state index < -0.39 is 40.4 Å². The highest BCUT2D eigenvalue weighted by molar-refractivity contribution is 7.89. The summed E-state index contributed by atoms with van der Waals surface area (Å²) in [6.45, 7) is 2.15. The lowest BCUT2D eigenvalue weighted by Gasteiger charge is -2.27. The number of esters is 1. The predicted molar refractivity (Wildman–Crippen MR) is 181 cm³/mol. The summed E-state index contributed by atoms with van der Waals surface area (Å²) in [5, 5.41) is 0.527. The number of alkyl halides is 2. The number of likely N-dealkylation sites (N-methyl/N-ethyl adjacent to an activating group) is 1. The summed E-state index contributed by atoms with van der Waals surface area (Å²) >= 11 is 12.8. The molecule has 3 aromatic rings. The van der Waals surface area contributed by atoms with Gasteiger partial charge in [-0.15, -0.1) is 0 Å². The van der Waals surface area contributed by atoms with Gasteiger partial charge in [-0.05, 0) is 95.6 Å². The van der Waals surface area contributed by atoms with Gasteiger partial charge >= 0.3 is 18.7 Å². The van der Waals surface area contributed by atoms with Crippen LogP contribution in [-0.4, -0.2) is 75.7 Å². The van der Waals surface area contributed by atoms with Gasteiger partial charge in [0.2, 0.25) is 0 Å². The molecule has 16 heteroatoms. The van der Waals surface area contributed by atoms with Crippen molar-refractivity contribution in [2.75, 3.05) is 33.8 Å². The van der Waals surface area contributed by atoms with E-state index in [9.17, 15) is 26.8 Å². The molecule has 1 heterocycles. The number of aromatic amines is 1. The third-order valence-corrected chi connectivity index (χ3v) is 9.84. The SMILES string of the molecule is CN(C)CCN(C(=O)OC(C)(C)C)S(=O)(=O)c1ccc(C(=O)O[C@@H](Cc2c(Cl)c[nH+]cc2Cl)c2ccc(OC(F)F)c(OCC3CC3)c2)cc1. The van der Waals surface area contributed by atoms with E-state index in [4.69, 9.17) is 37.4 Å². The number of halogens is 4. The Morgan fingerprint density at radius 3 is 2.18 bits per heavy atom. The summed E-state index contributed by atoms with van der Waals surface area (Å²) in [5.74, 6) is -0.658. The summed E-state index contributed by atoms with van der Waals surface area (Å²) in [7, 11) is -0.913. The number of amides is 1. The lowest BCUT2D eigenvalue weighted by molar-refractivity contribution is -0.377. The maximum atomic E-state index is 13.6. The Balaban J connectivity index is 1.64. The maximum absolute atomic E-state index is 13.6. The van der Waals surface area contributed by atoms with Crippen molar-refractivity contribution >= 4 is 45.3 Å². The van der Waals surface area contributed by atoms with Gasteiger partial charge in [-0.25, -0.2) is 23.0 Å². The average Bonchev–Trinajstić information content (AvgIpc) is 3.85. The Hall–Kier alpha value is -3.72. The molecule has 1 aliphatic carbocycles. The molecule has 11 nitrogen and oxygen atoms in total. The fourth-order valence-electron chi connectivity index (χ4n) is 4.61. The first-order valence-electron chi connectivity index (χ1n) is 15.7. The third kappa shape index (κ3) is 10.9. The third-order valence-electron chi connectivity index (χ3n) is 7.39. The van der Waals surface area contributed by atoms with Crippen molar-refractivity contribution in [1.29, 1.82) is 0 Å². The number of rotatable bonds is 15. The van der Waals surface area contributed by atoms with Gasteiger partial charge in [0.25, 0.3) is 10.0 Å². The van der Waals surface area contributed by atoms with Crippen molar-refractivity contribution in [2.45, 2.75) is 63.2 Å². The number of benzene rings is 2. The molecule has 1 fully saturated rings. The van der Waals surface area contributed by atoms with E-state index in [1.54, 1.807) is 39.8 Å². The first-order valence-corrected chi connectivity index (χ1v) is 17.9. The zero-order chi connectivity index (χ0) is 36.8. The molecule has 1 aliphatic rings. The van der Waals surface area contributed by atoms with Crippen molar-refractivity contribution in [3.05, 3.63) is 81.6 Å². The molecule has 50 heavy (non-hydrogen) atoms. The molecule has 1 aromatic heterocycles. The van der Waals surface area contributed by atoms with Gasteiger partial charge in [0.05, 0.1) is 23.6 Å². The van der Waals surface area contributed by atoms with E-state index in [0.29, 0.717) is 28.0 Å². The number of nitrogens with one attached hydrogen (secondary N) is 1. The van der Waals surface area contributed by atoms with Crippen LogP contribution < -0.4 is 14.5 Å². The van der Waals surface area contributed by atoms with Crippen molar-refractivity contribution in [3.63, 3.8) is 0 Å². The number of sulfonamides is 1. The molecule has 0 unspecified atom stereocenters. The van der Waals surface area contributed by atoms with Crippen LogP contribution in [0, 0.1) is 5.92 Å². The van der Waals surface area contributed by atoms with Crippen LogP contribution in [0.1, 0.15) is 61.2 Å². The second-order valence-corrected chi connectivity index (χ2v) is 15.6. The Bertz CT molecular complexity index is 1750. The van der Waals surface area contributed by atoms with Crippen LogP contribution in [0.25, 0.3) is 0 Å². The largest absolute Gasteiger partial charge is 0.489 e. The van der Waals surface area contributed by atoms with Gasteiger partial charge in [-0.1, -0.05) is 29.3 Å². The van der Waals surface area contributed by atoms with Crippen LogP contribution >= 0.6 is 23.2 Å². The number of hydrogen-bond donors (Lipinski definition) is 0. The quantitative estimate of drug-likeness (QED) is 0.154. The number of pyridine rings is 1. The van der Waals surface area contributed by atoms with Gasteiger partial charge < -0.3 is 23.8 Å². The van der Waals surface area contributed by atoms with Crippen LogP contribution in [0.15, 0.2) is 59.8 Å². The fourth-order valence-corrected chi connectivity index (χ4v) is 6.43. The number of aromatic nitrogens is 1. The summed E-state index contributed by atoms with van der Waals surface area (Å²) in [4.78, 5) is 30.8. The second-order valence-electron chi connectivity index (χ2n) is 13.0. The van der Waals surface area contributed by atoms with Gasteiger partial charge in [0, 0.05) is 18.5 Å². The monoisotopic (exact) mass is 758 g/mol. The standard InChI is InChI=1S/C34H39Cl2F2N3O8S/c1-34(2,3)49-33(43)41(15-14-40(4)5)50(44,45)24-11-8-22(9-12-24)31(42)47-29(17-25-26(35)18-39-19-27(25)36)23-10-13-28(48-32(37)38)30(16-23)46-20-21-6-7-21/h8-13,16,18-19,21,29,32H,6-7,14-15,17,20H2,1-5H3/p+1/t29-/m0/s1. The Morgan fingerprint density at radius 1 is 0.980 bits per heavy atom. The molecule has 1 amide bonds. The molecule has 0 bridgehead atoms. The van der Waals surface area contributed by atoms with E-state index in [1.165, 1.54) is 54.9 Å². The highest BCUT2D eigenvalue weighted by Crippen LogP contribution is 2.38. The minimum atomic E-state index is -4.38. The van der Waals surface area contributed by atoms with E-state index in [0.717, 1.165) is 12.8 Å². The number of H-pyrrole nitrogens is 1. The Labute approximate surface area is 300 Å². The zero-order valence-corrected chi connectivity index (χ0v) is 30.6. The topological polar surface area (TPSA) is 126 Å². The minimum Gasteiger partial charge on any atom is -0.489 e. The van der Waals surface area contributed by atoms with Crippen molar-refractivity contribution in [2.24, 2.45) is 5.92 Å². The molecule has 1 atom stereocenters. The number of ether oxygens (including phenoxy) is 4. The summed E-state index contributed by atoms with van der Waals surface area (Å²) in [5.41, 5.74) is -0.133. The van der Waals surface area contributed by atoms with E-state index in [1.807, 2.05) is 0 Å². The summed E-state index contributed by atoms with van der Waals surface area (Å²) in [6, 6.07) is 9.12. The van der Waals surface area contributed by atoms with E-state index in [2.05, 4.69) is 9.72 Å². The molecule has 0 spiro atoms. The fraction of sp³-hybridized carbons (Fsp3) is 0.441. The smallest absolute Gasteiger partial charge is 0.424 e. The minimum absolute atomic E-state index is 0.00694. The van der Waals surface area contributed by atoms with Crippen LogP contribution in [0.4, 0.5) is 13.6 Å². The average molecular weight is 760 g/mol. The maximum Gasteiger partial charge on any atom is 0.424 e. The molecule has 272 valence electrons. The molecule has 1 N–H and O–H groups in total. The molecule has 1 saturated carbocycles. The molecular weight excluding hydrogens is 719 g/mol. The van der Waals surface area contributed by atoms with E-state index in [-0.39, 0.29) is 51.5 Å². The number of carbonyl (C=O) groups is 2. The van der Waals surface area contributed by atoms with E-state index >= 15 is 0 Å².